The third-order valence-corrected chi connectivity index (χ3v) is 5.39. The largest absolute Gasteiger partial charge is 0.481 e. The fourth-order valence-electron chi connectivity index (χ4n) is 4.02. The topological polar surface area (TPSA) is 71.2 Å². The highest BCUT2D eigenvalue weighted by atomic mass is 16.4. The molecule has 1 N–H and O–H groups in total. The second kappa shape index (κ2) is 5.99. The summed E-state index contributed by atoms with van der Waals surface area (Å²) >= 11 is 0. The first-order valence-electron chi connectivity index (χ1n) is 8.39. The van der Waals surface area contributed by atoms with Crippen molar-refractivity contribution in [3.63, 3.8) is 0 Å². The monoisotopic (exact) mass is 306 g/mol. The van der Waals surface area contributed by atoms with Crippen LogP contribution in [0.1, 0.15) is 64.1 Å². The smallest absolute Gasteiger partial charge is 0.307 e. The molecule has 2 heterocycles. The van der Waals surface area contributed by atoms with Crippen molar-refractivity contribution in [1.29, 1.82) is 0 Å². The third-order valence-electron chi connectivity index (χ3n) is 5.39. The number of carboxylic acids is 1. The molecular formula is C16H26N4O2. The molecule has 0 bridgehead atoms. The molecule has 6 heteroatoms. The Morgan fingerprint density at radius 2 is 2.14 bits per heavy atom. The minimum atomic E-state index is -0.663. The lowest BCUT2D eigenvalue weighted by Crippen LogP contribution is -2.53. The van der Waals surface area contributed by atoms with Crippen molar-refractivity contribution in [2.24, 2.45) is 5.92 Å². The Balaban J connectivity index is 1.77. The zero-order valence-corrected chi connectivity index (χ0v) is 13.5. The molecule has 1 unspecified atom stereocenters. The summed E-state index contributed by atoms with van der Waals surface area (Å²) in [6.07, 6.45) is 8.71. The van der Waals surface area contributed by atoms with Crippen molar-refractivity contribution < 1.29 is 9.90 Å². The van der Waals surface area contributed by atoms with Crippen molar-refractivity contribution in [1.82, 2.24) is 19.9 Å². The fraction of sp³-hybridized carbons (Fsp3) is 0.812. The highest BCUT2D eigenvalue weighted by Gasteiger charge is 2.45. The van der Waals surface area contributed by atoms with Crippen LogP contribution < -0.4 is 0 Å². The van der Waals surface area contributed by atoms with Gasteiger partial charge in [-0.25, -0.2) is 4.68 Å². The predicted octanol–water partition coefficient (Wildman–Crippen LogP) is 2.47. The summed E-state index contributed by atoms with van der Waals surface area (Å²) in [5.41, 5.74) is 1.15. The van der Waals surface area contributed by atoms with Crippen molar-refractivity contribution in [2.75, 3.05) is 6.54 Å². The molecule has 1 saturated carbocycles. The number of hydrogen-bond donors (Lipinski definition) is 1. The van der Waals surface area contributed by atoms with Crippen molar-refractivity contribution in [3.05, 3.63) is 11.9 Å². The molecule has 1 aliphatic carbocycles. The maximum Gasteiger partial charge on any atom is 0.307 e. The minimum Gasteiger partial charge on any atom is -0.481 e. The molecule has 1 aromatic rings. The standard InChI is InChI=1S/C16H26N4O2/c1-12(2)20-11-14(17-18-20)10-19-9-13(15(21)22)5-8-16(19)6-3-4-7-16/h11-13H,3-10H2,1-2H3,(H,21,22). The van der Waals surface area contributed by atoms with Crippen LogP contribution >= 0.6 is 0 Å². The van der Waals surface area contributed by atoms with E-state index in [4.69, 9.17) is 0 Å². The lowest BCUT2D eigenvalue weighted by Gasteiger charge is -2.46. The van der Waals surface area contributed by atoms with E-state index in [2.05, 4.69) is 29.1 Å². The van der Waals surface area contributed by atoms with Crippen LogP contribution in [0.15, 0.2) is 6.20 Å². The van der Waals surface area contributed by atoms with Gasteiger partial charge in [-0.15, -0.1) is 5.10 Å². The molecule has 0 radical (unpaired) electrons. The van der Waals surface area contributed by atoms with E-state index in [9.17, 15) is 9.90 Å². The van der Waals surface area contributed by atoms with Crippen LogP contribution in [-0.2, 0) is 11.3 Å². The van der Waals surface area contributed by atoms with E-state index in [1.54, 1.807) is 0 Å². The van der Waals surface area contributed by atoms with Gasteiger partial charge in [-0.1, -0.05) is 18.1 Å². The summed E-state index contributed by atoms with van der Waals surface area (Å²) in [5, 5.41) is 17.8. The van der Waals surface area contributed by atoms with E-state index in [1.807, 2.05) is 10.9 Å². The third kappa shape index (κ3) is 2.89. The highest BCUT2D eigenvalue weighted by molar-refractivity contribution is 5.70. The minimum absolute atomic E-state index is 0.202. The summed E-state index contributed by atoms with van der Waals surface area (Å²) in [4.78, 5) is 13.8. The van der Waals surface area contributed by atoms with Gasteiger partial charge in [-0.05, 0) is 39.5 Å². The first kappa shape index (κ1) is 15.5. The Morgan fingerprint density at radius 3 is 2.73 bits per heavy atom. The average Bonchev–Trinajstić information content (AvgIpc) is 3.11. The van der Waals surface area contributed by atoms with E-state index in [0.717, 1.165) is 25.1 Å². The van der Waals surface area contributed by atoms with Crippen molar-refractivity contribution in [2.45, 2.75) is 70.5 Å². The normalized spacial score (nSPS) is 25.1. The van der Waals surface area contributed by atoms with E-state index >= 15 is 0 Å². The zero-order chi connectivity index (χ0) is 15.7. The Hall–Kier alpha value is -1.43. The quantitative estimate of drug-likeness (QED) is 0.925. The fourth-order valence-corrected chi connectivity index (χ4v) is 4.02. The Morgan fingerprint density at radius 1 is 1.41 bits per heavy atom. The van der Waals surface area contributed by atoms with Crippen LogP contribution in [0.4, 0.5) is 0 Å². The van der Waals surface area contributed by atoms with Gasteiger partial charge < -0.3 is 5.11 Å². The molecule has 1 atom stereocenters. The number of carboxylic acid groups (broad SMARTS) is 1. The number of likely N-dealkylation sites (tertiary alicyclic amines) is 1. The van der Waals surface area contributed by atoms with Gasteiger partial charge >= 0.3 is 5.97 Å². The second-order valence-electron chi connectivity index (χ2n) is 7.17. The molecule has 1 aromatic heterocycles. The van der Waals surface area contributed by atoms with Gasteiger partial charge in [-0.3, -0.25) is 9.69 Å². The summed E-state index contributed by atoms with van der Waals surface area (Å²) in [6, 6.07) is 0.301. The van der Waals surface area contributed by atoms with Crippen LogP contribution in [0.3, 0.4) is 0 Å². The molecule has 2 aliphatic rings. The maximum atomic E-state index is 11.4. The lowest BCUT2D eigenvalue weighted by molar-refractivity contribution is -0.145. The van der Waals surface area contributed by atoms with E-state index in [-0.39, 0.29) is 11.5 Å². The first-order chi connectivity index (χ1) is 10.5. The van der Waals surface area contributed by atoms with Crippen LogP contribution in [0.25, 0.3) is 0 Å². The molecule has 22 heavy (non-hydrogen) atoms. The van der Waals surface area contributed by atoms with Crippen LogP contribution in [0, 0.1) is 5.92 Å². The maximum absolute atomic E-state index is 11.4. The zero-order valence-electron chi connectivity index (χ0n) is 13.5. The number of piperidine rings is 1. The first-order valence-corrected chi connectivity index (χ1v) is 8.39. The second-order valence-corrected chi connectivity index (χ2v) is 7.17. The van der Waals surface area contributed by atoms with E-state index in [1.165, 1.54) is 25.7 Å². The molecule has 1 spiro atoms. The number of aliphatic carboxylic acids is 1. The average molecular weight is 306 g/mol. The molecule has 122 valence electrons. The molecule has 1 aliphatic heterocycles. The molecule has 0 aromatic carbocycles. The van der Waals surface area contributed by atoms with Crippen LogP contribution in [0.5, 0.6) is 0 Å². The van der Waals surface area contributed by atoms with Crippen LogP contribution in [0.2, 0.25) is 0 Å². The highest BCUT2D eigenvalue weighted by Crippen LogP contribution is 2.43. The van der Waals surface area contributed by atoms with Crippen molar-refractivity contribution >= 4 is 5.97 Å². The van der Waals surface area contributed by atoms with Gasteiger partial charge in [-0.2, -0.15) is 0 Å². The van der Waals surface area contributed by atoms with Crippen molar-refractivity contribution in [3.8, 4) is 0 Å². The molecule has 3 rings (SSSR count). The Bertz CT molecular complexity index is 534. The predicted molar refractivity (Wildman–Crippen MR) is 82.4 cm³/mol. The SMILES string of the molecule is CC(C)n1cc(CN2CC(C(=O)O)CCC23CCCC3)nn1. The lowest BCUT2D eigenvalue weighted by atomic mass is 9.80. The molecule has 2 fully saturated rings. The van der Waals surface area contributed by atoms with Gasteiger partial charge in [0.15, 0.2) is 0 Å². The summed E-state index contributed by atoms with van der Waals surface area (Å²) in [5.74, 6) is -0.907. The summed E-state index contributed by atoms with van der Waals surface area (Å²) < 4.78 is 1.87. The van der Waals surface area contributed by atoms with E-state index in [0.29, 0.717) is 12.6 Å². The summed E-state index contributed by atoms with van der Waals surface area (Å²) in [6.45, 7) is 5.52. The number of aromatic nitrogens is 3. The number of rotatable bonds is 4. The van der Waals surface area contributed by atoms with Gasteiger partial charge in [0, 0.05) is 24.7 Å². The Kier molecular flexibility index (Phi) is 4.21. The van der Waals surface area contributed by atoms with Gasteiger partial charge in [0.1, 0.15) is 0 Å². The number of hydrogen-bond acceptors (Lipinski definition) is 4. The number of carbonyl (C=O) groups is 1. The Labute approximate surface area is 131 Å². The van der Waals surface area contributed by atoms with Crippen LogP contribution in [-0.4, -0.2) is 43.1 Å². The molecule has 1 saturated heterocycles. The van der Waals surface area contributed by atoms with Gasteiger partial charge in [0.25, 0.3) is 0 Å². The molecule has 6 nitrogen and oxygen atoms in total. The number of nitrogens with zero attached hydrogens (tertiary/aromatic N) is 4. The van der Waals surface area contributed by atoms with E-state index < -0.39 is 5.97 Å². The molecular weight excluding hydrogens is 280 g/mol. The molecule has 0 amide bonds. The van der Waals surface area contributed by atoms with Gasteiger partial charge in [0.05, 0.1) is 17.8 Å². The van der Waals surface area contributed by atoms with Gasteiger partial charge in [0.2, 0.25) is 0 Å². The summed E-state index contributed by atoms with van der Waals surface area (Å²) in [7, 11) is 0.